The van der Waals surface area contributed by atoms with Gasteiger partial charge < -0.3 is 4.90 Å². The molecule has 0 aliphatic carbocycles. The summed E-state index contributed by atoms with van der Waals surface area (Å²) in [5.41, 5.74) is 2.29. The van der Waals surface area contributed by atoms with Crippen LogP contribution in [0.2, 0.25) is 0 Å². The number of nitrogens with zero attached hydrogens (tertiary/aromatic N) is 2. The largest absolute Gasteiger partial charge is 0.371 e. The predicted molar refractivity (Wildman–Crippen MR) is 52.5 cm³/mol. The van der Waals surface area contributed by atoms with Crippen LogP contribution in [0.1, 0.15) is 19.5 Å². The van der Waals surface area contributed by atoms with Crippen molar-refractivity contribution in [2.75, 3.05) is 18.0 Å². The van der Waals surface area contributed by atoms with Crippen molar-refractivity contribution in [1.82, 2.24) is 4.98 Å². The fourth-order valence-electron chi connectivity index (χ4n) is 1.24. The highest BCUT2D eigenvalue weighted by Crippen LogP contribution is 2.11. The number of anilines is 1. The Balaban J connectivity index is 2.80. The number of rotatable bonds is 3. The smallest absolute Gasteiger partial charge is 0.0552 e. The average Bonchev–Trinajstić information content (AvgIpc) is 2.10. The molecule has 0 radical (unpaired) electrons. The molecule has 1 heterocycles. The summed E-state index contributed by atoms with van der Waals surface area (Å²) in [5.74, 6) is 0. The average molecular weight is 164 g/mol. The van der Waals surface area contributed by atoms with Crippen molar-refractivity contribution >= 4 is 5.69 Å². The van der Waals surface area contributed by atoms with Gasteiger partial charge in [0.05, 0.1) is 11.9 Å². The van der Waals surface area contributed by atoms with Crippen molar-refractivity contribution < 1.29 is 0 Å². The van der Waals surface area contributed by atoms with E-state index in [1.807, 2.05) is 19.2 Å². The van der Waals surface area contributed by atoms with Crippen LogP contribution in [0, 0.1) is 6.92 Å². The van der Waals surface area contributed by atoms with Crippen molar-refractivity contribution in [2.24, 2.45) is 0 Å². The number of aromatic nitrogens is 1. The van der Waals surface area contributed by atoms with Gasteiger partial charge in [-0.1, -0.05) is 0 Å². The third kappa shape index (κ3) is 1.97. The van der Waals surface area contributed by atoms with E-state index < -0.39 is 0 Å². The zero-order valence-corrected chi connectivity index (χ0v) is 8.04. The predicted octanol–water partition coefficient (Wildman–Crippen LogP) is 2.24. The Hall–Kier alpha value is -1.05. The highest BCUT2D eigenvalue weighted by Gasteiger charge is 1.99. The van der Waals surface area contributed by atoms with Gasteiger partial charge in [0.25, 0.3) is 0 Å². The summed E-state index contributed by atoms with van der Waals surface area (Å²) in [7, 11) is 0. The quantitative estimate of drug-likeness (QED) is 0.681. The zero-order valence-electron chi connectivity index (χ0n) is 8.04. The van der Waals surface area contributed by atoms with Crippen LogP contribution < -0.4 is 4.90 Å². The first-order chi connectivity index (χ1) is 5.77. The molecule has 66 valence electrons. The maximum absolute atomic E-state index is 4.25. The molecule has 2 heteroatoms. The van der Waals surface area contributed by atoms with Crippen LogP contribution in [0.25, 0.3) is 0 Å². The highest BCUT2D eigenvalue weighted by atomic mass is 15.1. The Bertz CT molecular complexity index is 224. The molecule has 0 fully saturated rings. The Morgan fingerprint density at radius 2 is 1.92 bits per heavy atom. The molecular formula is C10H16N2. The van der Waals surface area contributed by atoms with Gasteiger partial charge in [0.2, 0.25) is 0 Å². The SMILES string of the molecule is CCN(CC)c1ccc(C)nc1. The monoisotopic (exact) mass is 164 g/mol. The third-order valence-corrected chi connectivity index (χ3v) is 2.02. The molecule has 12 heavy (non-hydrogen) atoms. The van der Waals surface area contributed by atoms with Crippen LogP contribution in [0.3, 0.4) is 0 Å². The molecule has 0 aromatic carbocycles. The Morgan fingerprint density at radius 1 is 1.25 bits per heavy atom. The van der Waals surface area contributed by atoms with Crippen LogP contribution in [-0.2, 0) is 0 Å². The number of hydrogen-bond donors (Lipinski definition) is 0. The fraction of sp³-hybridized carbons (Fsp3) is 0.500. The van der Waals surface area contributed by atoms with E-state index in [1.165, 1.54) is 5.69 Å². The summed E-state index contributed by atoms with van der Waals surface area (Å²) in [4.78, 5) is 6.54. The van der Waals surface area contributed by atoms with E-state index in [4.69, 9.17) is 0 Å². The van der Waals surface area contributed by atoms with E-state index in [2.05, 4.69) is 29.8 Å². The van der Waals surface area contributed by atoms with E-state index >= 15 is 0 Å². The summed E-state index contributed by atoms with van der Waals surface area (Å²) in [6.07, 6.45) is 1.93. The van der Waals surface area contributed by atoms with Gasteiger partial charge in [-0.15, -0.1) is 0 Å². The number of hydrogen-bond acceptors (Lipinski definition) is 2. The highest BCUT2D eigenvalue weighted by molar-refractivity contribution is 5.43. The maximum Gasteiger partial charge on any atom is 0.0552 e. The van der Waals surface area contributed by atoms with Gasteiger partial charge in [-0.25, -0.2) is 0 Å². The minimum absolute atomic E-state index is 1.04. The van der Waals surface area contributed by atoms with Gasteiger partial charge >= 0.3 is 0 Å². The molecule has 0 N–H and O–H groups in total. The van der Waals surface area contributed by atoms with E-state index in [-0.39, 0.29) is 0 Å². The Kier molecular flexibility index (Phi) is 3.09. The summed E-state index contributed by atoms with van der Waals surface area (Å²) in [6.45, 7) is 8.40. The molecular weight excluding hydrogens is 148 g/mol. The molecule has 0 amide bonds. The van der Waals surface area contributed by atoms with Gasteiger partial charge in [0.1, 0.15) is 0 Å². The molecule has 1 rings (SSSR count). The molecule has 1 aromatic rings. The summed E-state index contributed by atoms with van der Waals surface area (Å²) < 4.78 is 0. The lowest BCUT2D eigenvalue weighted by Crippen LogP contribution is -2.21. The van der Waals surface area contributed by atoms with Gasteiger partial charge in [0.15, 0.2) is 0 Å². The lowest BCUT2D eigenvalue weighted by atomic mass is 10.3. The summed E-state index contributed by atoms with van der Waals surface area (Å²) in [6, 6.07) is 4.17. The number of pyridine rings is 1. The van der Waals surface area contributed by atoms with Crippen molar-refractivity contribution in [3.05, 3.63) is 24.0 Å². The molecule has 0 atom stereocenters. The summed E-state index contributed by atoms with van der Waals surface area (Å²) in [5, 5.41) is 0. The van der Waals surface area contributed by atoms with E-state index in [9.17, 15) is 0 Å². The molecule has 0 saturated carbocycles. The first-order valence-electron chi connectivity index (χ1n) is 4.45. The second-order valence-corrected chi connectivity index (χ2v) is 2.83. The van der Waals surface area contributed by atoms with Gasteiger partial charge in [0, 0.05) is 18.8 Å². The van der Waals surface area contributed by atoms with Gasteiger partial charge in [-0.05, 0) is 32.9 Å². The molecule has 0 unspecified atom stereocenters. The molecule has 0 aliphatic rings. The second kappa shape index (κ2) is 4.10. The van der Waals surface area contributed by atoms with Crippen LogP contribution in [0.4, 0.5) is 5.69 Å². The first kappa shape index (κ1) is 9.04. The molecule has 0 saturated heterocycles. The maximum atomic E-state index is 4.25. The van der Waals surface area contributed by atoms with Crippen LogP contribution in [-0.4, -0.2) is 18.1 Å². The fourth-order valence-corrected chi connectivity index (χ4v) is 1.24. The lowest BCUT2D eigenvalue weighted by Gasteiger charge is -2.20. The summed E-state index contributed by atoms with van der Waals surface area (Å²) >= 11 is 0. The normalized spacial score (nSPS) is 9.92. The standard InChI is InChI=1S/C10H16N2/c1-4-12(5-2)10-7-6-9(3)11-8-10/h6-8H,4-5H2,1-3H3. The van der Waals surface area contributed by atoms with Crippen LogP contribution >= 0.6 is 0 Å². The molecule has 0 aliphatic heterocycles. The van der Waals surface area contributed by atoms with Crippen LogP contribution in [0.15, 0.2) is 18.3 Å². The van der Waals surface area contributed by atoms with Crippen molar-refractivity contribution in [3.63, 3.8) is 0 Å². The van der Waals surface area contributed by atoms with E-state index in [1.54, 1.807) is 0 Å². The third-order valence-electron chi connectivity index (χ3n) is 2.02. The minimum Gasteiger partial charge on any atom is -0.371 e. The Labute approximate surface area is 74.2 Å². The van der Waals surface area contributed by atoms with Gasteiger partial charge in [-0.2, -0.15) is 0 Å². The van der Waals surface area contributed by atoms with Crippen molar-refractivity contribution in [2.45, 2.75) is 20.8 Å². The lowest BCUT2D eigenvalue weighted by molar-refractivity contribution is 0.861. The van der Waals surface area contributed by atoms with E-state index in [0.717, 1.165) is 18.8 Å². The zero-order chi connectivity index (χ0) is 8.97. The van der Waals surface area contributed by atoms with E-state index in [0.29, 0.717) is 0 Å². The molecule has 1 aromatic heterocycles. The molecule has 0 bridgehead atoms. The second-order valence-electron chi connectivity index (χ2n) is 2.83. The van der Waals surface area contributed by atoms with Crippen molar-refractivity contribution in [1.29, 1.82) is 0 Å². The first-order valence-corrected chi connectivity index (χ1v) is 4.45. The molecule has 2 nitrogen and oxygen atoms in total. The minimum atomic E-state index is 1.04. The number of aryl methyl sites for hydroxylation is 1. The van der Waals surface area contributed by atoms with Crippen LogP contribution in [0.5, 0.6) is 0 Å². The topological polar surface area (TPSA) is 16.1 Å². The Morgan fingerprint density at radius 3 is 2.33 bits per heavy atom. The van der Waals surface area contributed by atoms with Crippen molar-refractivity contribution in [3.8, 4) is 0 Å². The van der Waals surface area contributed by atoms with Gasteiger partial charge in [-0.3, -0.25) is 4.98 Å². The molecule has 0 spiro atoms.